The van der Waals surface area contributed by atoms with Crippen molar-refractivity contribution in [2.24, 2.45) is 0 Å². The van der Waals surface area contributed by atoms with Crippen molar-refractivity contribution in [1.82, 2.24) is 10.2 Å². The number of nitrogens with one attached hydrogen (secondary N) is 1. The van der Waals surface area contributed by atoms with E-state index in [1.54, 1.807) is 6.07 Å². The van der Waals surface area contributed by atoms with Crippen LogP contribution in [0.1, 0.15) is 10.4 Å². The molecule has 0 aromatic heterocycles. The highest BCUT2D eigenvalue weighted by atomic mass is 19.1. The molecule has 0 radical (unpaired) electrons. The van der Waals surface area contributed by atoms with Gasteiger partial charge in [-0.25, -0.2) is 4.39 Å². The van der Waals surface area contributed by atoms with Crippen LogP contribution in [-0.2, 0) is 4.74 Å². The van der Waals surface area contributed by atoms with Crippen LogP contribution in [0.4, 0.5) is 4.39 Å². The summed E-state index contributed by atoms with van der Waals surface area (Å²) in [5.74, 6) is -0.640. The Morgan fingerprint density at radius 3 is 2.94 bits per heavy atom. The van der Waals surface area contributed by atoms with Crippen LogP contribution in [0, 0.1) is 5.82 Å². The van der Waals surface area contributed by atoms with E-state index in [2.05, 4.69) is 10.2 Å². The van der Waals surface area contributed by atoms with Gasteiger partial charge in [-0.1, -0.05) is 6.07 Å². The maximum atomic E-state index is 12.9. The average molecular weight is 252 g/mol. The van der Waals surface area contributed by atoms with Gasteiger partial charge in [-0.05, 0) is 25.2 Å². The van der Waals surface area contributed by atoms with E-state index < -0.39 is 5.82 Å². The predicted octanol–water partition coefficient (Wildman–Crippen LogP) is 0.886. The van der Waals surface area contributed by atoms with Gasteiger partial charge in [0.1, 0.15) is 5.82 Å². The van der Waals surface area contributed by atoms with E-state index in [0.717, 1.165) is 19.8 Å². The van der Waals surface area contributed by atoms with Gasteiger partial charge in [-0.2, -0.15) is 0 Å². The molecule has 1 amide bonds. The van der Waals surface area contributed by atoms with E-state index in [4.69, 9.17) is 4.74 Å². The molecule has 0 atom stereocenters. The molecule has 0 bridgehead atoms. The number of rotatable bonds is 5. The quantitative estimate of drug-likeness (QED) is 0.846. The molecule has 18 heavy (non-hydrogen) atoms. The summed E-state index contributed by atoms with van der Waals surface area (Å²) in [4.78, 5) is 13.9. The Morgan fingerprint density at radius 2 is 2.33 bits per heavy atom. The summed E-state index contributed by atoms with van der Waals surface area (Å²) in [5.41, 5.74) is 0.352. The number of hydrogen-bond donors (Lipinski definition) is 1. The minimum atomic E-state index is -0.397. The van der Waals surface area contributed by atoms with Crippen molar-refractivity contribution in [2.75, 3.05) is 33.4 Å². The first-order valence-electron chi connectivity index (χ1n) is 5.98. The molecule has 5 heteroatoms. The van der Waals surface area contributed by atoms with Gasteiger partial charge < -0.3 is 10.1 Å². The Hall–Kier alpha value is -1.46. The first-order valence-corrected chi connectivity index (χ1v) is 5.98. The van der Waals surface area contributed by atoms with Gasteiger partial charge in [0.25, 0.3) is 5.91 Å². The zero-order valence-corrected chi connectivity index (χ0v) is 10.4. The third-order valence-electron chi connectivity index (χ3n) is 3.08. The second-order valence-electron chi connectivity index (χ2n) is 4.44. The number of benzene rings is 1. The lowest BCUT2D eigenvalue weighted by molar-refractivity contribution is -0.0552. The van der Waals surface area contributed by atoms with Gasteiger partial charge in [0.15, 0.2) is 0 Å². The molecule has 0 aliphatic carbocycles. The Bertz CT molecular complexity index is 421. The smallest absolute Gasteiger partial charge is 0.251 e. The predicted molar refractivity (Wildman–Crippen MR) is 66.0 cm³/mol. The first-order chi connectivity index (χ1) is 8.66. The number of likely N-dealkylation sites (N-methyl/N-ethyl adjacent to an activating group) is 1. The van der Waals surface area contributed by atoms with E-state index in [0.29, 0.717) is 18.2 Å². The molecular weight excluding hydrogens is 235 g/mol. The Morgan fingerprint density at radius 1 is 1.56 bits per heavy atom. The summed E-state index contributed by atoms with van der Waals surface area (Å²) in [6.07, 6.45) is 0. The first kappa shape index (κ1) is 13.0. The minimum Gasteiger partial charge on any atom is -0.378 e. The van der Waals surface area contributed by atoms with Crippen molar-refractivity contribution in [2.45, 2.75) is 6.04 Å². The van der Waals surface area contributed by atoms with Gasteiger partial charge in [0, 0.05) is 18.7 Å². The number of ether oxygens (including phenoxy) is 1. The number of carbonyl (C=O) groups excluding carboxylic acids is 1. The van der Waals surface area contributed by atoms with Crippen LogP contribution in [0.3, 0.4) is 0 Å². The molecule has 1 saturated heterocycles. The number of hydrogen-bond acceptors (Lipinski definition) is 3. The van der Waals surface area contributed by atoms with Gasteiger partial charge in [-0.15, -0.1) is 0 Å². The van der Waals surface area contributed by atoms with Crippen molar-refractivity contribution < 1.29 is 13.9 Å². The van der Waals surface area contributed by atoms with E-state index in [9.17, 15) is 9.18 Å². The molecule has 4 nitrogen and oxygen atoms in total. The summed E-state index contributed by atoms with van der Waals surface area (Å²) in [5, 5.41) is 2.77. The largest absolute Gasteiger partial charge is 0.378 e. The number of carbonyl (C=O) groups is 1. The third-order valence-corrected chi connectivity index (χ3v) is 3.08. The Labute approximate surface area is 106 Å². The van der Waals surface area contributed by atoms with Crippen LogP contribution < -0.4 is 5.32 Å². The zero-order chi connectivity index (χ0) is 13.0. The molecule has 1 heterocycles. The van der Waals surface area contributed by atoms with Gasteiger partial charge in [-0.3, -0.25) is 9.69 Å². The fourth-order valence-electron chi connectivity index (χ4n) is 1.74. The van der Waals surface area contributed by atoms with Crippen LogP contribution >= 0.6 is 0 Å². The fraction of sp³-hybridized carbons (Fsp3) is 0.462. The van der Waals surface area contributed by atoms with Crippen molar-refractivity contribution in [3.05, 3.63) is 35.6 Å². The third kappa shape index (κ3) is 3.27. The number of nitrogens with zero attached hydrogens (tertiary/aromatic N) is 1. The van der Waals surface area contributed by atoms with Crippen LogP contribution in [0.5, 0.6) is 0 Å². The molecule has 1 N–H and O–H groups in total. The van der Waals surface area contributed by atoms with Gasteiger partial charge in [0.2, 0.25) is 0 Å². The molecule has 0 spiro atoms. The monoisotopic (exact) mass is 252 g/mol. The van der Waals surface area contributed by atoms with Crippen molar-refractivity contribution >= 4 is 5.91 Å². The molecule has 1 aromatic rings. The lowest BCUT2D eigenvalue weighted by atomic mass is 10.2. The topological polar surface area (TPSA) is 41.6 Å². The molecule has 98 valence electrons. The highest BCUT2D eigenvalue weighted by molar-refractivity contribution is 5.94. The molecule has 0 unspecified atom stereocenters. The van der Waals surface area contributed by atoms with E-state index in [-0.39, 0.29) is 5.91 Å². The van der Waals surface area contributed by atoms with Crippen LogP contribution in [-0.4, -0.2) is 50.2 Å². The van der Waals surface area contributed by atoms with Gasteiger partial charge >= 0.3 is 0 Å². The number of amides is 1. The van der Waals surface area contributed by atoms with Crippen molar-refractivity contribution in [3.63, 3.8) is 0 Å². The molecule has 2 rings (SSSR count). The SMILES string of the molecule is CN(CCNC(=O)c1cccc(F)c1)C1COC1. The normalized spacial score (nSPS) is 15.5. The summed E-state index contributed by atoms with van der Waals surface area (Å²) in [6.45, 7) is 2.82. The number of halogens is 1. The lowest BCUT2D eigenvalue weighted by Crippen LogP contribution is -2.49. The molecule has 1 fully saturated rings. The van der Waals surface area contributed by atoms with Crippen molar-refractivity contribution in [3.8, 4) is 0 Å². The molecule has 1 aliphatic heterocycles. The van der Waals surface area contributed by atoms with Crippen LogP contribution in [0.15, 0.2) is 24.3 Å². The standard InChI is InChI=1S/C13H17FN2O2/c1-16(12-8-18-9-12)6-5-15-13(17)10-3-2-4-11(14)7-10/h2-4,7,12H,5-6,8-9H2,1H3,(H,15,17). The van der Waals surface area contributed by atoms with E-state index in [1.165, 1.54) is 18.2 Å². The highest BCUT2D eigenvalue weighted by Gasteiger charge is 2.22. The highest BCUT2D eigenvalue weighted by Crippen LogP contribution is 2.07. The average Bonchev–Trinajstić information content (AvgIpc) is 2.26. The summed E-state index contributed by atoms with van der Waals surface area (Å²) in [6, 6.07) is 6.14. The second kappa shape index (κ2) is 5.93. The Balaban J connectivity index is 1.74. The zero-order valence-electron chi connectivity index (χ0n) is 10.4. The van der Waals surface area contributed by atoms with E-state index >= 15 is 0 Å². The fourth-order valence-corrected chi connectivity index (χ4v) is 1.74. The maximum Gasteiger partial charge on any atom is 0.251 e. The molecule has 0 saturated carbocycles. The summed E-state index contributed by atoms with van der Waals surface area (Å²) >= 11 is 0. The lowest BCUT2D eigenvalue weighted by Gasteiger charge is -2.34. The van der Waals surface area contributed by atoms with Crippen LogP contribution in [0.2, 0.25) is 0 Å². The second-order valence-corrected chi connectivity index (χ2v) is 4.44. The summed E-state index contributed by atoms with van der Waals surface area (Å²) < 4.78 is 18.0. The summed E-state index contributed by atoms with van der Waals surface area (Å²) in [7, 11) is 2.00. The molecular formula is C13H17FN2O2. The van der Waals surface area contributed by atoms with Crippen molar-refractivity contribution in [1.29, 1.82) is 0 Å². The minimum absolute atomic E-state index is 0.243. The molecule has 1 aromatic carbocycles. The maximum absolute atomic E-state index is 12.9. The van der Waals surface area contributed by atoms with E-state index in [1.807, 2.05) is 7.05 Å². The molecule has 1 aliphatic rings. The van der Waals surface area contributed by atoms with Gasteiger partial charge in [0.05, 0.1) is 19.3 Å². The van der Waals surface area contributed by atoms with Crippen LogP contribution in [0.25, 0.3) is 0 Å². The Kier molecular flexibility index (Phi) is 4.28.